The molecule has 0 aliphatic rings. The fourth-order valence-electron chi connectivity index (χ4n) is 1.52. The number of anilines is 1. The topological polar surface area (TPSA) is 54.0 Å². The van der Waals surface area contributed by atoms with E-state index in [1.54, 1.807) is 6.20 Å². The summed E-state index contributed by atoms with van der Waals surface area (Å²) in [5.74, 6) is -0.347. The van der Waals surface area contributed by atoms with Crippen molar-refractivity contribution >= 4 is 39.8 Å². The van der Waals surface area contributed by atoms with Crippen molar-refractivity contribution in [2.45, 2.75) is 0 Å². The van der Waals surface area contributed by atoms with Crippen LogP contribution in [0.2, 0.25) is 0 Å². The number of aromatic nitrogens is 1. The van der Waals surface area contributed by atoms with Crippen molar-refractivity contribution in [3.63, 3.8) is 0 Å². The minimum atomic E-state index is -0.347. The number of rotatable bonds is 2. The van der Waals surface area contributed by atoms with Gasteiger partial charge in [0.1, 0.15) is 0 Å². The molecular weight excluding hydrogens is 246 g/mol. The molecule has 1 aromatic carbocycles. The van der Waals surface area contributed by atoms with E-state index < -0.39 is 0 Å². The van der Waals surface area contributed by atoms with Crippen molar-refractivity contribution in [3.8, 4) is 0 Å². The van der Waals surface area contributed by atoms with E-state index in [1.807, 2.05) is 30.3 Å². The highest BCUT2D eigenvalue weighted by Gasteiger charge is 2.04. The van der Waals surface area contributed by atoms with Crippen LogP contribution in [0, 0.1) is 0 Å². The summed E-state index contributed by atoms with van der Waals surface area (Å²) in [5, 5.41) is 6.64. The SMILES string of the molecule is C=CC(=O)NC(=S)Nc1cccc2cccnc12. The zero-order valence-electron chi connectivity index (χ0n) is 9.51. The Bertz CT molecular complexity index is 619. The number of carbonyl (C=O) groups is 1. The molecule has 1 heterocycles. The van der Waals surface area contributed by atoms with Crippen LogP contribution < -0.4 is 10.6 Å². The summed E-state index contributed by atoms with van der Waals surface area (Å²) in [6.45, 7) is 3.36. The lowest BCUT2D eigenvalue weighted by atomic mass is 10.2. The van der Waals surface area contributed by atoms with Gasteiger partial charge < -0.3 is 5.32 Å². The van der Waals surface area contributed by atoms with Gasteiger partial charge in [0.25, 0.3) is 0 Å². The van der Waals surface area contributed by atoms with Crippen molar-refractivity contribution in [2.24, 2.45) is 0 Å². The molecule has 0 spiro atoms. The summed E-state index contributed by atoms with van der Waals surface area (Å²) in [6, 6.07) is 9.52. The molecule has 1 aromatic heterocycles. The van der Waals surface area contributed by atoms with Crippen molar-refractivity contribution in [3.05, 3.63) is 49.2 Å². The third kappa shape index (κ3) is 2.70. The van der Waals surface area contributed by atoms with Crippen LogP contribution in [0.1, 0.15) is 0 Å². The average molecular weight is 257 g/mol. The maximum absolute atomic E-state index is 11.1. The van der Waals surface area contributed by atoms with E-state index in [1.165, 1.54) is 0 Å². The number of benzene rings is 1. The van der Waals surface area contributed by atoms with Crippen LogP contribution in [-0.4, -0.2) is 16.0 Å². The minimum absolute atomic E-state index is 0.220. The van der Waals surface area contributed by atoms with E-state index in [4.69, 9.17) is 12.2 Å². The first kappa shape index (κ1) is 12.2. The van der Waals surface area contributed by atoms with Gasteiger partial charge in [0.2, 0.25) is 5.91 Å². The molecule has 0 aliphatic heterocycles. The van der Waals surface area contributed by atoms with Gasteiger partial charge in [-0.2, -0.15) is 0 Å². The number of hydrogen-bond donors (Lipinski definition) is 2. The van der Waals surface area contributed by atoms with E-state index in [0.717, 1.165) is 22.7 Å². The van der Waals surface area contributed by atoms with Crippen molar-refractivity contribution < 1.29 is 4.79 Å². The normalized spacial score (nSPS) is 9.78. The molecular formula is C13H11N3OS. The molecule has 5 heteroatoms. The van der Waals surface area contributed by atoms with Crippen LogP contribution in [-0.2, 0) is 4.79 Å². The Hall–Kier alpha value is -2.27. The molecule has 1 amide bonds. The van der Waals surface area contributed by atoms with Crippen LogP contribution in [0.5, 0.6) is 0 Å². The lowest BCUT2D eigenvalue weighted by molar-refractivity contribution is -0.115. The highest BCUT2D eigenvalue weighted by molar-refractivity contribution is 7.80. The Kier molecular flexibility index (Phi) is 3.64. The number of fused-ring (bicyclic) bond motifs is 1. The molecule has 0 unspecified atom stereocenters. The molecule has 90 valence electrons. The zero-order chi connectivity index (χ0) is 13.0. The van der Waals surface area contributed by atoms with E-state index in [9.17, 15) is 4.79 Å². The Morgan fingerprint density at radius 3 is 2.89 bits per heavy atom. The number of carbonyl (C=O) groups excluding carboxylic acids is 1. The highest BCUT2D eigenvalue weighted by Crippen LogP contribution is 2.20. The zero-order valence-corrected chi connectivity index (χ0v) is 10.3. The lowest BCUT2D eigenvalue weighted by Crippen LogP contribution is -2.32. The fourth-order valence-corrected chi connectivity index (χ4v) is 1.73. The number of amides is 1. The molecule has 0 saturated carbocycles. The maximum Gasteiger partial charge on any atom is 0.249 e. The van der Waals surface area contributed by atoms with Gasteiger partial charge in [0, 0.05) is 11.6 Å². The van der Waals surface area contributed by atoms with E-state index in [2.05, 4.69) is 22.2 Å². The second kappa shape index (κ2) is 5.37. The van der Waals surface area contributed by atoms with E-state index in [-0.39, 0.29) is 11.0 Å². The molecule has 0 fully saturated rings. The first-order valence-electron chi connectivity index (χ1n) is 5.29. The summed E-state index contributed by atoms with van der Waals surface area (Å²) in [4.78, 5) is 15.4. The second-order valence-corrected chi connectivity index (χ2v) is 3.94. The summed E-state index contributed by atoms with van der Waals surface area (Å²) in [6.07, 6.45) is 2.87. The van der Waals surface area contributed by atoms with Crippen molar-refractivity contribution in [1.29, 1.82) is 0 Å². The Labute approximate surface area is 110 Å². The molecule has 2 N–H and O–H groups in total. The molecule has 0 aliphatic carbocycles. The first-order valence-corrected chi connectivity index (χ1v) is 5.69. The molecule has 0 radical (unpaired) electrons. The number of para-hydroxylation sites is 1. The number of nitrogens with zero attached hydrogens (tertiary/aromatic N) is 1. The van der Waals surface area contributed by atoms with Crippen molar-refractivity contribution in [2.75, 3.05) is 5.32 Å². The van der Waals surface area contributed by atoms with Gasteiger partial charge in [-0.25, -0.2) is 0 Å². The molecule has 18 heavy (non-hydrogen) atoms. The lowest BCUT2D eigenvalue weighted by Gasteiger charge is -2.09. The smallest absolute Gasteiger partial charge is 0.249 e. The summed E-state index contributed by atoms with van der Waals surface area (Å²) in [5.41, 5.74) is 1.55. The fraction of sp³-hybridized carbons (Fsp3) is 0. The Morgan fingerprint density at radius 2 is 2.11 bits per heavy atom. The van der Waals surface area contributed by atoms with Crippen LogP contribution in [0.4, 0.5) is 5.69 Å². The van der Waals surface area contributed by atoms with Gasteiger partial charge in [-0.15, -0.1) is 0 Å². The van der Waals surface area contributed by atoms with Gasteiger partial charge in [-0.1, -0.05) is 24.8 Å². The standard InChI is InChI=1S/C13H11N3OS/c1-2-11(17)16-13(18)15-10-7-3-5-9-6-4-8-14-12(9)10/h2-8H,1H2,(H2,15,16,17,18). The van der Waals surface area contributed by atoms with Gasteiger partial charge in [-0.05, 0) is 30.4 Å². The summed E-state index contributed by atoms with van der Waals surface area (Å²) in [7, 11) is 0. The predicted molar refractivity (Wildman–Crippen MR) is 76.3 cm³/mol. The third-order valence-corrected chi connectivity index (χ3v) is 2.51. The molecule has 0 saturated heterocycles. The molecule has 0 atom stereocenters. The number of nitrogens with one attached hydrogen (secondary N) is 2. The summed E-state index contributed by atoms with van der Waals surface area (Å²) >= 11 is 5.02. The number of hydrogen-bond acceptors (Lipinski definition) is 3. The van der Waals surface area contributed by atoms with E-state index in [0.29, 0.717) is 0 Å². The predicted octanol–water partition coefficient (Wildman–Crippen LogP) is 2.23. The molecule has 0 bridgehead atoms. The van der Waals surface area contributed by atoms with Gasteiger partial charge >= 0.3 is 0 Å². The van der Waals surface area contributed by atoms with Crippen LogP contribution in [0.15, 0.2) is 49.2 Å². The van der Waals surface area contributed by atoms with E-state index >= 15 is 0 Å². The molecule has 4 nitrogen and oxygen atoms in total. The first-order chi connectivity index (χ1) is 8.70. The van der Waals surface area contributed by atoms with Crippen LogP contribution in [0.25, 0.3) is 10.9 Å². The maximum atomic E-state index is 11.1. The van der Waals surface area contributed by atoms with Crippen LogP contribution >= 0.6 is 12.2 Å². The van der Waals surface area contributed by atoms with Crippen molar-refractivity contribution in [1.82, 2.24) is 10.3 Å². The van der Waals surface area contributed by atoms with Crippen LogP contribution in [0.3, 0.4) is 0 Å². The number of pyridine rings is 1. The van der Waals surface area contributed by atoms with Gasteiger partial charge in [0.15, 0.2) is 5.11 Å². The molecule has 2 aromatic rings. The Morgan fingerprint density at radius 1 is 1.33 bits per heavy atom. The summed E-state index contributed by atoms with van der Waals surface area (Å²) < 4.78 is 0. The monoisotopic (exact) mass is 257 g/mol. The van der Waals surface area contributed by atoms with Gasteiger partial charge in [-0.3, -0.25) is 15.1 Å². The minimum Gasteiger partial charge on any atom is -0.331 e. The number of thiocarbonyl (C=S) groups is 1. The largest absolute Gasteiger partial charge is 0.331 e. The third-order valence-electron chi connectivity index (χ3n) is 2.30. The molecule has 2 rings (SSSR count). The van der Waals surface area contributed by atoms with Gasteiger partial charge in [0.05, 0.1) is 11.2 Å². The second-order valence-electron chi connectivity index (χ2n) is 3.53. The Balaban J connectivity index is 2.24. The average Bonchev–Trinajstić information content (AvgIpc) is 2.39. The quantitative estimate of drug-likeness (QED) is 0.640. The highest BCUT2D eigenvalue weighted by atomic mass is 32.1.